The second-order valence-corrected chi connectivity index (χ2v) is 8.76. The molecular weight excluding hydrogens is 350 g/mol. The molecule has 1 aromatic carbocycles. The van der Waals surface area contributed by atoms with Gasteiger partial charge in [0, 0.05) is 6.54 Å². The standard InChI is InChI=1S/C19H27N3OS2/c1-24-12-11-16(18-21-15-9-5-6-10-17(15)25-18)22-19(23)20-13-14-7-3-2-4-8-14/h5-6,9-10,14,16H,2-4,7-8,11-13H2,1H3,(H2,20,22,23)/t16-/m1/s1. The van der Waals surface area contributed by atoms with Crippen LogP contribution in [0, 0.1) is 5.92 Å². The molecule has 4 nitrogen and oxygen atoms in total. The molecule has 0 aliphatic heterocycles. The molecule has 6 heteroatoms. The Morgan fingerprint density at radius 2 is 2.12 bits per heavy atom. The highest BCUT2D eigenvalue weighted by atomic mass is 32.2. The summed E-state index contributed by atoms with van der Waals surface area (Å²) in [6.45, 7) is 0.793. The average Bonchev–Trinajstić information content (AvgIpc) is 3.08. The van der Waals surface area contributed by atoms with Crippen LogP contribution < -0.4 is 10.6 Å². The van der Waals surface area contributed by atoms with Crippen LogP contribution in [0.3, 0.4) is 0 Å². The van der Waals surface area contributed by atoms with Gasteiger partial charge in [-0.1, -0.05) is 31.4 Å². The first kappa shape index (κ1) is 18.5. The van der Waals surface area contributed by atoms with Gasteiger partial charge in [0.05, 0.1) is 16.3 Å². The number of rotatable bonds is 7. The van der Waals surface area contributed by atoms with Crippen molar-refractivity contribution in [1.82, 2.24) is 15.6 Å². The summed E-state index contributed by atoms with van der Waals surface area (Å²) in [5.74, 6) is 1.65. The minimum atomic E-state index is -0.0593. The zero-order chi connectivity index (χ0) is 17.5. The van der Waals surface area contributed by atoms with E-state index in [1.54, 1.807) is 23.1 Å². The van der Waals surface area contributed by atoms with Crippen LogP contribution in [0.15, 0.2) is 24.3 Å². The Labute approximate surface area is 158 Å². The van der Waals surface area contributed by atoms with E-state index >= 15 is 0 Å². The van der Waals surface area contributed by atoms with E-state index in [1.807, 2.05) is 18.2 Å². The Hall–Kier alpha value is -1.27. The van der Waals surface area contributed by atoms with Gasteiger partial charge in [-0.3, -0.25) is 0 Å². The van der Waals surface area contributed by atoms with Crippen LogP contribution in [0.25, 0.3) is 10.2 Å². The molecule has 2 amide bonds. The first-order valence-corrected chi connectivity index (χ1v) is 11.4. The minimum absolute atomic E-state index is 0.0174. The van der Waals surface area contributed by atoms with Gasteiger partial charge in [0.15, 0.2) is 0 Å². The fourth-order valence-electron chi connectivity index (χ4n) is 3.37. The smallest absolute Gasteiger partial charge is 0.315 e. The van der Waals surface area contributed by atoms with Crippen molar-refractivity contribution in [3.8, 4) is 0 Å². The average molecular weight is 378 g/mol. The Kier molecular flexibility index (Phi) is 6.99. The number of aromatic nitrogens is 1. The molecule has 2 aromatic rings. The maximum absolute atomic E-state index is 12.4. The van der Waals surface area contributed by atoms with Crippen molar-refractivity contribution in [1.29, 1.82) is 0 Å². The number of hydrogen-bond acceptors (Lipinski definition) is 4. The normalized spacial score (nSPS) is 16.7. The molecule has 1 saturated carbocycles. The van der Waals surface area contributed by atoms with Crippen molar-refractivity contribution in [2.45, 2.75) is 44.6 Å². The van der Waals surface area contributed by atoms with Crippen molar-refractivity contribution >= 4 is 39.3 Å². The van der Waals surface area contributed by atoms with Crippen LogP contribution in [0.2, 0.25) is 0 Å². The van der Waals surface area contributed by atoms with E-state index in [2.05, 4.69) is 23.0 Å². The van der Waals surface area contributed by atoms with Crippen LogP contribution in [-0.4, -0.2) is 29.6 Å². The zero-order valence-electron chi connectivity index (χ0n) is 14.8. The van der Waals surface area contributed by atoms with E-state index in [1.165, 1.54) is 36.8 Å². The highest BCUT2D eigenvalue weighted by molar-refractivity contribution is 7.98. The third-order valence-corrected chi connectivity index (χ3v) is 6.59. The van der Waals surface area contributed by atoms with Gasteiger partial charge >= 0.3 is 6.03 Å². The molecule has 3 rings (SSSR count). The third-order valence-electron chi connectivity index (χ3n) is 4.80. The maximum Gasteiger partial charge on any atom is 0.315 e. The van der Waals surface area contributed by atoms with Crippen molar-refractivity contribution in [3.05, 3.63) is 29.3 Å². The number of para-hydroxylation sites is 1. The Morgan fingerprint density at radius 1 is 1.32 bits per heavy atom. The summed E-state index contributed by atoms with van der Waals surface area (Å²) in [5, 5.41) is 7.24. The third kappa shape index (κ3) is 5.35. The van der Waals surface area contributed by atoms with Gasteiger partial charge in [0.1, 0.15) is 5.01 Å². The molecule has 0 spiro atoms. The van der Waals surface area contributed by atoms with Crippen molar-refractivity contribution in [2.24, 2.45) is 5.92 Å². The molecule has 1 aliphatic rings. The molecule has 0 saturated heterocycles. The molecule has 1 aliphatic carbocycles. The lowest BCUT2D eigenvalue weighted by molar-refractivity contribution is 0.232. The summed E-state index contributed by atoms with van der Waals surface area (Å²) in [4.78, 5) is 17.1. The van der Waals surface area contributed by atoms with Gasteiger partial charge in [-0.2, -0.15) is 11.8 Å². The van der Waals surface area contributed by atoms with Gasteiger partial charge in [0.25, 0.3) is 0 Å². The summed E-state index contributed by atoms with van der Waals surface area (Å²) < 4.78 is 1.18. The summed E-state index contributed by atoms with van der Waals surface area (Å²) in [6.07, 6.45) is 9.43. The van der Waals surface area contributed by atoms with E-state index in [9.17, 15) is 4.79 Å². The molecule has 25 heavy (non-hydrogen) atoms. The Bertz CT molecular complexity index is 649. The lowest BCUT2D eigenvalue weighted by Crippen LogP contribution is -2.40. The summed E-state index contributed by atoms with van der Waals surface area (Å²) >= 11 is 3.48. The van der Waals surface area contributed by atoms with E-state index < -0.39 is 0 Å². The first-order chi connectivity index (χ1) is 12.3. The molecule has 1 heterocycles. The number of fused-ring (bicyclic) bond motifs is 1. The second-order valence-electron chi connectivity index (χ2n) is 6.71. The van der Waals surface area contributed by atoms with Crippen molar-refractivity contribution in [2.75, 3.05) is 18.6 Å². The minimum Gasteiger partial charge on any atom is -0.338 e. The Morgan fingerprint density at radius 3 is 2.88 bits per heavy atom. The number of nitrogens with zero attached hydrogens (tertiary/aromatic N) is 1. The lowest BCUT2D eigenvalue weighted by Gasteiger charge is -2.23. The highest BCUT2D eigenvalue weighted by Crippen LogP contribution is 2.28. The molecule has 2 N–H and O–H groups in total. The zero-order valence-corrected chi connectivity index (χ0v) is 16.4. The van der Waals surface area contributed by atoms with Crippen molar-refractivity contribution in [3.63, 3.8) is 0 Å². The lowest BCUT2D eigenvalue weighted by atomic mass is 9.89. The number of nitrogens with one attached hydrogen (secondary N) is 2. The summed E-state index contributed by atoms with van der Waals surface area (Å²) in [5.41, 5.74) is 1.01. The SMILES string of the molecule is CSCC[C@@H](NC(=O)NCC1CCCCC1)c1nc2ccccc2s1. The van der Waals surface area contributed by atoms with E-state index in [0.29, 0.717) is 5.92 Å². The molecule has 0 unspecified atom stereocenters. The molecular formula is C19H27N3OS2. The van der Waals surface area contributed by atoms with E-state index in [-0.39, 0.29) is 12.1 Å². The number of thioether (sulfide) groups is 1. The van der Waals surface area contributed by atoms with Gasteiger partial charge in [0.2, 0.25) is 0 Å². The number of thiazole rings is 1. The van der Waals surface area contributed by atoms with Crippen LogP contribution in [0.1, 0.15) is 49.6 Å². The molecule has 0 radical (unpaired) electrons. The highest BCUT2D eigenvalue weighted by Gasteiger charge is 2.20. The number of carbonyl (C=O) groups is 1. The molecule has 136 valence electrons. The predicted molar refractivity (Wildman–Crippen MR) is 108 cm³/mol. The first-order valence-electron chi connectivity index (χ1n) is 9.15. The fraction of sp³-hybridized carbons (Fsp3) is 0.579. The largest absolute Gasteiger partial charge is 0.338 e. The maximum atomic E-state index is 12.4. The van der Waals surface area contributed by atoms with Gasteiger partial charge < -0.3 is 10.6 Å². The van der Waals surface area contributed by atoms with Crippen LogP contribution in [0.5, 0.6) is 0 Å². The molecule has 1 aromatic heterocycles. The Balaban J connectivity index is 1.60. The van der Waals surface area contributed by atoms with Crippen LogP contribution in [0.4, 0.5) is 4.79 Å². The van der Waals surface area contributed by atoms with Gasteiger partial charge in [-0.15, -0.1) is 11.3 Å². The topological polar surface area (TPSA) is 54.0 Å². The van der Waals surface area contributed by atoms with E-state index in [4.69, 9.17) is 4.98 Å². The van der Waals surface area contributed by atoms with Gasteiger partial charge in [-0.05, 0) is 49.3 Å². The summed E-state index contributed by atoms with van der Waals surface area (Å²) in [7, 11) is 0. The van der Waals surface area contributed by atoms with Crippen LogP contribution >= 0.6 is 23.1 Å². The second kappa shape index (κ2) is 9.43. The van der Waals surface area contributed by atoms with Crippen molar-refractivity contribution < 1.29 is 4.79 Å². The molecule has 0 bridgehead atoms. The number of amides is 2. The van der Waals surface area contributed by atoms with Gasteiger partial charge in [-0.25, -0.2) is 9.78 Å². The molecule has 1 atom stereocenters. The fourth-order valence-corrected chi connectivity index (χ4v) is 4.89. The number of carbonyl (C=O) groups excluding carboxylic acids is 1. The number of urea groups is 1. The van der Waals surface area contributed by atoms with Crippen LogP contribution in [-0.2, 0) is 0 Å². The molecule has 1 fully saturated rings. The summed E-state index contributed by atoms with van der Waals surface area (Å²) in [6, 6.07) is 8.08. The number of hydrogen-bond donors (Lipinski definition) is 2. The van der Waals surface area contributed by atoms with E-state index in [0.717, 1.165) is 29.2 Å². The number of benzene rings is 1. The quantitative estimate of drug-likeness (QED) is 0.716. The predicted octanol–water partition coefficient (Wildman–Crippen LogP) is 4.97. The monoisotopic (exact) mass is 377 g/mol.